The van der Waals surface area contributed by atoms with E-state index >= 15 is 0 Å². The van der Waals surface area contributed by atoms with Crippen molar-refractivity contribution < 1.29 is 17.9 Å². The van der Waals surface area contributed by atoms with Crippen LogP contribution in [0.25, 0.3) is 0 Å². The number of methoxy groups -OCH3 is 1. The SMILES string of the molecule is COC1CCN(C(=O)c2cc(S(N)(=O)=O)ccc2C)CC1. The van der Waals surface area contributed by atoms with Gasteiger partial charge in [-0.3, -0.25) is 4.79 Å². The number of carbonyl (C=O) groups is 1. The topological polar surface area (TPSA) is 89.7 Å². The van der Waals surface area contributed by atoms with Gasteiger partial charge in [-0.05, 0) is 37.5 Å². The number of rotatable bonds is 3. The minimum Gasteiger partial charge on any atom is -0.381 e. The zero-order valence-electron chi connectivity index (χ0n) is 12.2. The lowest BCUT2D eigenvalue weighted by Crippen LogP contribution is -2.40. The number of piperidine rings is 1. The number of benzene rings is 1. The van der Waals surface area contributed by atoms with Crippen LogP contribution in [0.15, 0.2) is 23.1 Å². The van der Waals surface area contributed by atoms with Gasteiger partial charge in [-0.1, -0.05) is 6.07 Å². The number of nitrogens with zero attached hydrogens (tertiary/aromatic N) is 1. The molecule has 1 amide bonds. The first-order valence-corrected chi connectivity index (χ1v) is 8.33. The van der Waals surface area contributed by atoms with E-state index in [1.165, 1.54) is 12.1 Å². The number of hydrogen-bond acceptors (Lipinski definition) is 4. The third-order valence-corrected chi connectivity index (χ3v) is 4.74. The zero-order valence-corrected chi connectivity index (χ0v) is 13.0. The Kier molecular flexibility index (Phi) is 4.65. The Morgan fingerprint density at radius 1 is 1.33 bits per heavy atom. The largest absolute Gasteiger partial charge is 0.381 e. The van der Waals surface area contributed by atoms with Gasteiger partial charge in [0.25, 0.3) is 5.91 Å². The first-order valence-electron chi connectivity index (χ1n) is 6.78. The summed E-state index contributed by atoms with van der Waals surface area (Å²) in [6.07, 6.45) is 1.76. The van der Waals surface area contributed by atoms with Crippen LogP contribution in [0.2, 0.25) is 0 Å². The lowest BCUT2D eigenvalue weighted by molar-refractivity contribution is 0.0350. The third-order valence-electron chi connectivity index (χ3n) is 3.83. The van der Waals surface area contributed by atoms with Crippen molar-refractivity contribution in [3.63, 3.8) is 0 Å². The molecule has 2 rings (SSSR count). The molecule has 1 aliphatic heterocycles. The highest BCUT2D eigenvalue weighted by Gasteiger charge is 2.25. The number of hydrogen-bond donors (Lipinski definition) is 1. The Bertz CT molecular complexity index is 634. The molecule has 7 heteroatoms. The van der Waals surface area contributed by atoms with Crippen molar-refractivity contribution in [2.24, 2.45) is 5.14 Å². The van der Waals surface area contributed by atoms with Crippen LogP contribution in [0.5, 0.6) is 0 Å². The molecule has 0 saturated carbocycles. The molecule has 1 aromatic rings. The standard InChI is InChI=1S/C14H20N2O4S/c1-10-3-4-12(21(15,18)19)9-13(10)14(17)16-7-5-11(20-2)6-8-16/h3-4,9,11H,5-8H2,1-2H3,(H2,15,18,19). The summed E-state index contributed by atoms with van der Waals surface area (Å²) in [6.45, 7) is 2.99. The molecule has 0 spiro atoms. The monoisotopic (exact) mass is 312 g/mol. The maximum absolute atomic E-state index is 12.5. The molecular weight excluding hydrogens is 292 g/mol. The van der Waals surface area contributed by atoms with Gasteiger partial charge in [-0.25, -0.2) is 13.6 Å². The molecule has 0 radical (unpaired) electrons. The lowest BCUT2D eigenvalue weighted by Gasteiger charge is -2.31. The van der Waals surface area contributed by atoms with Crippen molar-refractivity contribution in [2.75, 3.05) is 20.2 Å². The van der Waals surface area contributed by atoms with Gasteiger partial charge in [0.1, 0.15) is 0 Å². The molecule has 21 heavy (non-hydrogen) atoms. The molecule has 1 fully saturated rings. The molecule has 2 N–H and O–H groups in total. The zero-order chi connectivity index (χ0) is 15.6. The van der Waals surface area contributed by atoms with E-state index in [-0.39, 0.29) is 16.9 Å². The Hall–Kier alpha value is -1.44. The highest BCUT2D eigenvalue weighted by molar-refractivity contribution is 7.89. The quantitative estimate of drug-likeness (QED) is 0.897. The molecule has 0 aromatic heterocycles. The van der Waals surface area contributed by atoms with Crippen LogP contribution < -0.4 is 5.14 Å². The molecule has 0 aliphatic carbocycles. The van der Waals surface area contributed by atoms with Crippen molar-refractivity contribution in [3.05, 3.63) is 29.3 Å². The summed E-state index contributed by atoms with van der Waals surface area (Å²) >= 11 is 0. The summed E-state index contributed by atoms with van der Waals surface area (Å²) < 4.78 is 28.1. The Morgan fingerprint density at radius 3 is 2.48 bits per heavy atom. The number of nitrogens with two attached hydrogens (primary N) is 1. The minimum absolute atomic E-state index is 0.0387. The van der Waals surface area contributed by atoms with Crippen LogP contribution in [-0.4, -0.2) is 45.5 Å². The Morgan fingerprint density at radius 2 is 1.95 bits per heavy atom. The second-order valence-electron chi connectivity index (χ2n) is 5.25. The fraction of sp³-hybridized carbons (Fsp3) is 0.500. The van der Waals surface area contributed by atoms with Gasteiger partial charge in [0, 0.05) is 25.8 Å². The Balaban J connectivity index is 2.23. The highest BCUT2D eigenvalue weighted by atomic mass is 32.2. The molecule has 6 nitrogen and oxygen atoms in total. The second-order valence-corrected chi connectivity index (χ2v) is 6.81. The highest BCUT2D eigenvalue weighted by Crippen LogP contribution is 2.20. The van der Waals surface area contributed by atoms with Gasteiger partial charge in [-0.15, -0.1) is 0 Å². The van der Waals surface area contributed by atoms with Crippen LogP contribution in [0.3, 0.4) is 0 Å². The van der Waals surface area contributed by atoms with E-state index in [4.69, 9.17) is 9.88 Å². The number of amides is 1. The molecule has 0 unspecified atom stereocenters. The normalized spacial score (nSPS) is 17.0. The summed E-state index contributed by atoms with van der Waals surface area (Å²) in [5.74, 6) is -0.160. The van der Waals surface area contributed by atoms with E-state index in [9.17, 15) is 13.2 Å². The molecule has 0 atom stereocenters. The van der Waals surface area contributed by atoms with E-state index in [0.717, 1.165) is 18.4 Å². The smallest absolute Gasteiger partial charge is 0.254 e. The predicted octanol–water partition coefficient (Wildman–Crippen LogP) is 0.893. The van der Waals surface area contributed by atoms with Crippen LogP contribution in [0.1, 0.15) is 28.8 Å². The number of primary sulfonamides is 1. The number of aryl methyl sites for hydroxylation is 1. The van der Waals surface area contributed by atoms with Crippen LogP contribution in [-0.2, 0) is 14.8 Å². The third kappa shape index (κ3) is 3.61. The van der Waals surface area contributed by atoms with E-state index in [0.29, 0.717) is 18.7 Å². The van der Waals surface area contributed by atoms with Crippen molar-refractivity contribution in [2.45, 2.75) is 30.8 Å². The molecule has 1 heterocycles. The maximum atomic E-state index is 12.5. The fourth-order valence-corrected chi connectivity index (χ4v) is 3.01. The summed E-state index contributed by atoms with van der Waals surface area (Å²) in [4.78, 5) is 14.2. The minimum atomic E-state index is -3.81. The molecule has 116 valence electrons. The second kappa shape index (κ2) is 6.13. The molecule has 1 aliphatic rings. The predicted molar refractivity (Wildman–Crippen MR) is 78.5 cm³/mol. The Labute approximate surface area is 124 Å². The summed E-state index contributed by atoms with van der Waals surface area (Å²) in [6, 6.07) is 4.38. The average Bonchev–Trinajstić information content (AvgIpc) is 2.46. The van der Waals surface area contributed by atoms with E-state index < -0.39 is 10.0 Å². The van der Waals surface area contributed by atoms with E-state index in [1.807, 2.05) is 0 Å². The van der Waals surface area contributed by atoms with E-state index in [2.05, 4.69) is 0 Å². The van der Waals surface area contributed by atoms with Gasteiger partial charge in [-0.2, -0.15) is 0 Å². The number of carbonyl (C=O) groups excluding carboxylic acids is 1. The number of sulfonamides is 1. The van der Waals surface area contributed by atoms with Crippen molar-refractivity contribution in [1.82, 2.24) is 4.90 Å². The first kappa shape index (κ1) is 15.9. The van der Waals surface area contributed by atoms with Crippen molar-refractivity contribution >= 4 is 15.9 Å². The van der Waals surface area contributed by atoms with Crippen LogP contribution >= 0.6 is 0 Å². The summed E-state index contributed by atoms with van der Waals surface area (Å²) in [7, 11) is -2.14. The van der Waals surface area contributed by atoms with Crippen LogP contribution in [0, 0.1) is 6.92 Å². The molecule has 0 bridgehead atoms. The summed E-state index contributed by atoms with van der Waals surface area (Å²) in [5, 5.41) is 5.12. The van der Waals surface area contributed by atoms with Crippen molar-refractivity contribution in [3.8, 4) is 0 Å². The molecule has 1 saturated heterocycles. The van der Waals surface area contributed by atoms with Crippen LogP contribution in [0.4, 0.5) is 0 Å². The molecule has 1 aromatic carbocycles. The average molecular weight is 312 g/mol. The fourth-order valence-electron chi connectivity index (χ4n) is 2.47. The maximum Gasteiger partial charge on any atom is 0.254 e. The van der Waals surface area contributed by atoms with Gasteiger partial charge >= 0.3 is 0 Å². The van der Waals surface area contributed by atoms with Crippen molar-refractivity contribution in [1.29, 1.82) is 0 Å². The number of likely N-dealkylation sites (tertiary alicyclic amines) is 1. The van der Waals surface area contributed by atoms with Gasteiger partial charge in [0.05, 0.1) is 11.0 Å². The molecular formula is C14H20N2O4S. The van der Waals surface area contributed by atoms with E-state index in [1.54, 1.807) is 25.0 Å². The van der Waals surface area contributed by atoms with Gasteiger partial charge in [0.2, 0.25) is 10.0 Å². The van der Waals surface area contributed by atoms with Gasteiger partial charge in [0.15, 0.2) is 0 Å². The lowest BCUT2D eigenvalue weighted by atomic mass is 10.0. The number of ether oxygens (including phenoxy) is 1. The first-order chi connectivity index (χ1) is 9.82. The van der Waals surface area contributed by atoms with Gasteiger partial charge < -0.3 is 9.64 Å². The summed E-state index contributed by atoms with van der Waals surface area (Å²) in [5.41, 5.74) is 1.12.